The van der Waals surface area contributed by atoms with Gasteiger partial charge in [-0.2, -0.15) is 0 Å². The third-order valence-electron chi connectivity index (χ3n) is 2.57. The minimum Gasteiger partial charge on any atom is -0.368 e. The zero-order valence-electron chi connectivity index (χ0n) is 9.42. The van der Waals surface area contributed by atoms with Crippen molar-refractivity contribution in [2.45, 2.75) is 44.2 Å². The summed E-state index contributed by atoms with van der Waals surface area (Å²) in [6, 6.07) is 0. The Hall–Kier alpha value is -0.750. The Kier molecular flexibility index (Phi) is 3.12. The average molecular weight is 228 g/mol. The Labute approximate surface area is 94.3 Å². The fourth-order valence-electron chi connectivity index (χ4n) is 1.98. The first-order valence-corrected chi connectivity index (χ1v) is 5.26. The van der Waals surface area contributed by atoms with E-state index in [2.05, 4.69) is 6.58 Å². The molecule has 0 aromatic rings. The quantitative estimate of drug-likeness (QED) is 0.522. The summed E-state index contributed by atoms with van der Waals surface area (Å²) < 4.78 is 22.0. The largest absolute Gasteiger partial charge is 0.368 e. The lowest BCUT2D eigenvalue weighted by molar-refractivity contribution is -0.214. The molecule has 0 aliphatic carbocycles. The van der Waals surface area contributed by atoms with Gasteiger partial charge in [0.1, 0.15) is 18.3 Å². The van der Waals surface area contributed by atoms with E-state index in [-0.39, 0.29) is 6.10 Å². The molecule has 2 fully saturated rings. The number of aldehydes is 1. The summed E-state index contributed by atoms with van der Waals surface area (Å²) in [5.74, 6) is -0.695. The van der Waals surface area contributed by atoms with Crippen LogP contribution in [-0.4, -0.2) is 43.3 Å². The topological polar surface area (TPSA) is 54.0 Å². The van der Waals surface area contributed by atoms with E-state index in [1.165, 1.54) is 0 Å². The van der Waals surface area contributed by atoms with Gasteiger partial charge in [-0.1, -0.05) is 6.08 Å². The monoisotopic (exact) mass is 228 g/mol. The van der Waals surface area contributed by atoms with Gasteiger partial charge in [-0.25, -0.2) is 0 Å². The second-order valence-corrected chi connectivity index (χ2v) is 4.29. The third-order valence-corrected chi connectivity index (χ3v) is 2.57. The molecular formula is C11H16O5. The van der Waals surface area contributed by atoms with Crippen molar-refractivity contribution in [3.63, 3.8) is 0 Å². The second kappa shape index (κ2) is 4.25. The molecule has 5 heteroatoms. The molecule has 2 saturated heterocycles. The zero-order chi connectivity index (χ0) is 11.8. The van der Waals surface area contributed by atoms with E-state index >= 15 is 0 Å². The maximum atomic E-state index is 10.8. The Bertz CT molecular complexity index is 288. The maximum Gasteiger partial charge on any atom is 0.190 e. The zero-order valence-corrected chi connectivity index (χ0v) is 9.42. The van der Waals surface area contributed by atoms with E-state index in [4.69, 9.17) is 18.9 Å². The van der Waals surface area contributed by atoms with Gasteiger partial charge >= 0.3 is 0 Å². The maximum absolute atomic E-state index is 10.8. The van der Waals surface area contributed by atoms with Crippen molar-refractivity contribution < 1.29 is 23.7 Å². The second-order valence-electron chi connectivity index (χ2n) is 4.29. The van der Waals surface area contributed by atoms with Gasteiger partial charge in [-0.3, -0.25) is 0 Å². The fourth-order valence-corrected chi connectivity index (χ4v) is 1.98. The minimum atomic E-state index is -0.695. The molecule has 0 bridgehead atoms. The van der Waals surface area contributed by atoms with Crippen molar-refractivity contribution in [1.82, 2.24) is 0 Å². The highest BCUT2D eigenvalue weighted by Gasteiger charge is 2.55. The van der Waals surface area contributed by atoms with Crippen LogP contribution in [0.25, 0.3) is 0 Å². The van der Waals surface area contributed by atoms with Gasteiger partial charge in [-0.05, 0) is 13.8 Å². The van der Waals surface area contributed by atoms with Crippen LogP contribution in [0, 0.1) is 0 Å². The Morgan fingerprint density at radius 3 is 2.81 bits per heavy atom. The number of rotatable bonds is 4. The Morgan fingerprint density at radius 1 is 1.44 bits per heavy atom. The Balaban J connectivity index is 2.07. The predicted molar refractivity (Wildman–Crippen MR) is 54.7 cm³/mol. The summed E-state index contributed by atoms with van der Waals surface area (Å²) in [7, 11) is 0. The molecule has 2 rings (SSSR count). The summed E-state index contributed by atoms with van der Waals surface area (Å²) in [4.78, 5) is 10.8. The third kappa shape index (κ3) is 2.04. The first-order chi connectivity index (χ1) is 7.57. The van der Waals surface area contributed by atoms with Crippen molar-refractivity contribution in [3.05, 3.63) is 12.7 Å². The van der Waals surface area contributed by atoms with Crippen molar-refractivity contribution >= 4 is 6.29 Å². The van der Waals surface area contributed by atoms with Gasteiger partial charge in [0, 0.05) is 0 Å². The van der Waals surface area contributed by atoms with Crippen molar-refractivity contribution in [1.29, 1.82) is 0 Å². The highest BCUT2D eigenvalue weighted by atomic mass is 16.8. The van der Waals surface area contributed by atoms with Gasteiger partial charge in [0.05, 0.1) is 6.61 Å². The molecule has 90 valence electrons. The normalized spacial score (nSPS) is 40.6. The molecule has 16 heavy (non-hydrogen) atoms. The van der Waals surface area contributed by atoms with Crippen LogP contribution in [0.15, 0.2) is 12.7 Å². The van der Waals surface area contributed by atoms with Crippen LogP contribution in [0.4, 0.5) is 0 Å². The lowest BCUT2D eigenvalue weighted by Gasteiger charge is -2.23. The molecule has 0 saturated carbocycles. The molecule has 2 aliphatic heterocycles. The first kappa shape index (κ1) is 11.7. The number of carbonyl (C=O) groups excluding carboxylic acids is 1. The van der Waals surface area contributed by atoms with Crippen LogP contribution in [0.2, 0.25) is 0 Å². The summed E-state index contributed by atoms with van der Waals surface area (Å²) in [5, 5.41) is 0. The Morgan fingerprint density at radius 2 is 2.19 bits per heavy atom. The van der Waals surface area contributed by atoms with E-state index in [0.717, 1.165) is 0 Å². The molecule has 2 heterocycles. The summed E-state index contributed by atoms with van der Waals surface area (Å²) in [6.07, 6.45) is 0.389. The number of hydrogen-bond acceptors (Lipinski definition) is 5. The molecule has 0 unspecified atom stereocenters. The average Bonchev–Trinajstić information content (AvgIpc) is 2.67. The molecule has 2 aliphatic rings. The van der Waals surface area contributed by atoms with Crippen molar-refractivity contribution in [2.75, 3.05) is 6.61 Å². The standard InChI is InChI=1S/C11H16O5/c1-4-5-13-8-7(6-12)14-10-9(8)15-11(2,3)16-10/h4,6-10H,1,5H2,2-3H3/t7-,8+,9-,10-/m1/s1. The van der Waals surface area contributed by atoms with Crippen LogP contribution in [0.1, 0.15) is 13.8 Å². The van der Waals surface area contributed by atoms with Gasteiger partial charge in [0.2, 0.25) is 0 Å². The van der Waals surface area contributed by atoms with Crippen LogP contribution >= 0.6 is 0 Å². The minimum absolute atomic E-state index is 0.353. The SMILES string of the molecule is C=CCO[C@@H]1[C@H]2OC(C)(C)O[C@H]2O[C@@H]1C=O. The molecule has 5 nitrogen and oxygen atoms in total. The molecule has 4 atom stereocenters. The summed E-state index contributed by atoms with van der Waals surface area (Å²) in [6.45, 7) is 7.51. The van der Waals surface area contributed by atoms with Gasteiger partial charge in [-0.15, -0.1) is 6.58 Å². The molecule has 0 aromatic carbocycles. The molecule has 0 aromatic heterocycles. The number of carbonyl (C=O) groups is 1. The highest BCUT2D eigenvalue weighted by molar-refractivity contribution is 5.58. The molecule has 0 radical (unpaired) electrons. The number of fused-ring (bicyclic) bond motifs is 1. The van der Waals surface area contributed by atoms with Gasteiger partial charge < -0.3 is 23.7 Å². The van der Waals surface area contributed by atoms with Gasteiger partial charge in [0.15, 0.2) is 18.4 Å². The van der Waals surface area contributed by atoms with Crippen molar-refractivity contribution in [2.24, 2.45) is 0 Å². The fraction of sp³-hybridized carbons (Fsp3) is 0.727. The highest BCUT2D eigenvalue weighted by Crippen LogP contribution is 2.38. The van der Waals surface area contributed by atoms with Crippen molar-refractivity contribution in [3.8, 4) is 0 Å². The van der Waals surface area contributed by atoms with Gasteiger partial charge in [0.25, 0.3) is 0 Å². The van der Waals surface area contributed by atoms with E-state index in [9.17, 15) is 4.79 Å². The number of ether oxygens (including phenoxy) is 4. The smallest absolute Gasteiger partial charge is 0.190 e. The van der Waals surface area contributed by atoms with E-state index < -0.39 is 24.3 Å². The summed E-state index contributed by atoms with van der Waals surface area (Å²) >= 11 is 0. The lowest BCUT2D eigenvalue weighted by Crippen LogP contribution is -2.37. The van der Waals surface area contributed by atoms with Crippen LogP contribution < -0.4 is 0 Å². The predicted octanol–water partition coefficient (Wildman–Crippen LogP) is 0.633. The number of hydrogen-bond donors (Lipinski definition) is 0. The first-order valence-electron chi connectivity index (χ1n) is 5.26. The van der Waals surface area contributed by atoms with Crippen LogP contribution in [-0.2, 0) is 23.7 Å². The molecule has 0 N–H and O–H groups in total. The van der Waals surface area contributed by atoms with E-state index in [0.29, 0.717) is 12.9 Å². The molecular weight excluding hydrogens is 212 g/mol. The summed E-state index contributed by atoms with van der Waals surface area (Å²) in [5.41, 5.74) is 0. The lowest BCUT2D eigenvalue weighted by atomic mass is 10.1. The van der Waals surface area contributed by atoms with E-state index in [1.54, 1.807) is 19.9 Å². The molecule has 0 spiro atoms. The van der Waals surface area contributed by atoms with Crippen LogP contribution in [0.5, 0.6) is 0 Å². The van der Waals surface area contributed by atoms with Crippen LogP contribution in [0.3, 0.4) is 0 Å². The molecule has 0 amide bonds. The van der Waals surface area contributed by atoms with E-state index in [1.807, 2.05) is 0 Å².